The minimum atomic E-state index is -1.12. The molecular weight excluding hydrogens is 272 g/mol. The summed E-state index contributed by atoms with van der Waals surface area (Å²) in [4.78, 5) is 25.2. The van der Waals surface area contributed by atoms with Gasteiger partial charge in [-0.25, -0.2) is 9.59 Å². The van der Waals surface area contributed by atoms with Gasteiger partial charge in [0, 0.05) is 12.6 Å². The highest BCUT2D eigenvalue weighted by molar-refractivity contribution is 6.00. The Labute approximate surface area is 123 Å². The summed E-state index contributed by atoms with van der Waals surface area (Å²) in [6.07, 6.45) is 3.59. The zero-order chi connectivity index (χ0) is 15.4. The third kappa shape index (κ3) is 3.53. The lowest BCUT2D eigenvalue weighted by atomic mass is 10.1. The van der Waals surface area contributed by atoms with Crippen molar-refractivity contribution in [2.75, 3.05) is 19.0 Å². The van der Waals surface area contributed by atoms with Crippen LogP contribution >= 0.6 is 0 Å². The number of carboxylic acids is 1. The molecule has 1 saturated carbocycles. The van der Waals surface area contributed by atoms with Crippen molar-refractivity contribution >= 4 is 17.7 Å². The summed E-state index contributed by atoms with van der Waals surface area (Å²) >= 11 is 0. The van der Waals surface area contributed by atoms with E-state index in [9.17, 15) is 14.7 Å². The zero-order valence-corrected chi connectivity index (χ0v) is 11.8. The van der Waals surface area contributed by atoms with Gasteiger partial charge in [-0.3, -0.25) is 0 Å². The Hall–Kier alpha value is -2.50. The van der Waals surface area contributed by atoms with Crippen LogP contribution in [-0.4, -0.2) is 41.7 Å². The second kappa shape index (κ2) is 6.30. The van der Waals surface area contributed by atoms with E-state index in [2.05, 4.69) is 11.9 Å². The fourth-order valence-corrected chi connectivity index (χ4v) is 2.05. The fraction of sp³-hybridized carbons (Fsp3) is 0.333. The number of amides is 2. The van der Waals surface area contributed by atoms with Crippen LogP contribution in [0.2, 0.25) is 0 Å². The molecule has 112 valence electrons. The number of nitrogens with one attached hydrogen (secondary N) is 1. The molecular formula is C15H18N2O4. The highest BCUT2D eigenvalue weighted by Gasteiger charge is 2.32. The van der Waals surface area contributed by atoms with E-state index in [0.29, 0.717) is 12.3 Å². The quantitative estimate of drug-likeness (QED) is 0.789. The summed E-state index contributed by atoms with van der Waals surface area (Å²) in [5, 5.41) is 11.9. The predicted octanol–water partition coefficient (Wildman–Crippen LogP) is 2.58. The number of carboxylic acid groups (broad SMARTS) is 1. The first-order valence-electron chi connectivity index (χ1n) is 6.66. The Morgan fingerprint density at radius 3 is 2.76 bits per heavy atom. The molecule has 21 heavy (non-hydrogen) atoms. The van der Waals surface area contributed by atoms with Gasteiger partial charge in [0.1, 0.15) is 5.75 Å². The van der Waals surface area contributed by atoms with Crippen molar-refractivity contribution in [3.8, 4) is 5.75 Å². The SMILES string of the molecule is C=CCN(C(=O)Nc1ccc(OC)cc1C(=O)O)C1CC1. The summed E-state index contributed by atoms with van der Waals surface area (Å²) in [5.41, 5.74) is 0.250. The largest absolute Gasteiger partial charge is 0.497 e. The van der Waals surface area contributed by atoms with E-state index in [1.165, 1.54) is 19.2 Å². The minimum absolute atomic E-state index is 0.00273. The molecule has 1 aliphatic carbocycles. The summed E-state index contributed by atoms with van der Waals surface area (Å²) in [6.45, 7) is 4.08. The van der Waals surface area contributed by atoms with E-state index >= 15 is 0 Å². The van der Waals surface area contributed by atoms with Crippen molar-refractivity contribution in [2.24, 2.45) is 0 Å². The van der Waals surface area contributed by atoms with Crippen molar-refractivity contribution in [1.82, 2.24) is 4.90 Å². The number of hydrogen-bond acceptors (Lipinski definition) is 3. The molecule has 2 N–H and O–H groups in total. The Morgan fingerprint density at radius 2 is 2.24 bits per heavy atom. The molecule has 1 aromatic carbocycles. The number of anilines is 1. The van der Waals surface area contributed by atoms with Crippen molar-refractivity contribution in [3.63, 3.8) is 0 Å². The van der Waals surface area contributed by atoms with Gasteiger partial charge in [-0.2, -0.15) is 0 Å². The van der Waals surface area contributed by atoms with Crippen LogP contribution in [0.3, 0.4) is 0 Å². The maximum absolute atomic E-state index is 12.3. The van der Waals surface area contributed by atoms with E-state index < -0.39 is 5.97 Å². The monoisotopic (exact) mass is 290 g/mol. The number of urea groups is 1. The number of aromatic carboxylic acids is 1. The smallest absolute Gasteiger partial charge is 0.337 e. The first-order chi connectivity index (χ1) is 10.1. The number of rotatable bonds is 6. The number of carbonyl (C=O) groups is 2. The molecule has 0 radical (unpaired) electrons. The molecule has 0 aliphatic heterocycles. The highest BCUT2D eigenvalue weighted by Crippen LogP contribution is 2.28. The van der Waals surface area contributed by atoms with Gasteiger partial charge < -0.3 is 20.1 Å². The van der Waals surface area contributed by atoms with Gasteiger partial charge in [0.05, 0.1) is 18.4 Å². The van der Waals surface area contributed by atoms with Gasteiger partial charge in [0.25, 0.3) is 0 Å². The Balaban J connectivity index is 2.19. The van der Waals surface area contributed by atoms with Crippen LogP contribution in [0, 0.1) is 0 Å². The van der Waals surface area contributed by atoms with Gasteiger partial charge in [-0.1, -0.05) is 6.08 Å². The first-order valence-corrected chi connectivity index (χ1v) is 6.66. The van der Waals surface area contributed by atoms with Crippen LogP contribution in [0.4, 0.5) is 10.5 Å². The van der Waals surface area contributed by atoms with E-state index in [4.69, 9.17) is 4.74 Å². The number of ether oxygens (including phenoxy) is 1. The van der Waals surface area contributed by atoms with Crippen LogP contribution < -0.4 is 10.1 Å². The molecule has 6 heteroatoms. The Bertz CT molecular complexity index is 567. The molecule has 2 amide bonds. The summed E-state index contributed by atoms with van der Waals surface area (Å²) in [5.74, 6) is -0.693. The molecule has 0 spiro atoms. The van der Waals surface area contributed by atoms with Crippen molar-refractivity contribution in [1.29, 1.82) is 0 Å². The third-order valence-electron chi connectivity index (χ3n) is 3.27. The maximum Gasteiger partial charge on any atom is 0.337 e. The molecule has 0 unspecified atom stereocenters. The number of hydrogen-bond donors (Lipinski definition) is 2. The van der Waals surface area contributed by atoms with Gasteiger partial charge in [0.2, 0.25) is 0 Å². The second-order valence-electron chi connectivity index (χ2n) is 4.82. The van der Waals surface area contributed by atoms with Crippen LogP contribution in [-0.2, 0) is 0 Å². The molecule has 1 aliphatic rings. The van der Waals surface area contributed by atoms with Gasteiger partial charge in [-0.05, 0) is 31.0 Å². The number of methoxy groups -OCH3 is 1. The van der Waals surface area contributed by atoms with Crippen LogP contribution in [0.5, 0.6) is 5.75 Å². The van der Waals surface area contributed by atoms with Crippen LogP contribution in [0.15, 0.2) is 30.9 Å². The summed E-state index contributed by atoms with van der Waals surface area (Å²) in [7, 11) is 1.46. The second-order valence-corrected chi connectivity index (χ2v) is 4.82. The van der Waals surface area contributed by atoms with Crippen molar-refractivity contribution in [3.05, 3.63) is 36.4 Å². The molecule has 0 atom stereocenters. The van der Waals surface area contributed by atoms with Crippen molar-refractivity contribution in [2.45, 2.75) is 18.9 Å². The average molecular weight is 290 g/mol. The van der Waals surface area contributed by atoms with Gasteiger partial charge >= 0.3 is 12.0 Å². The molecule has 0 saturated heterocycles. The van der Waals surface area contributed by atoms with Gasteiger partial charge in [0.15, 0.2) is 0 Å². The molecule has 0 bridgehead atoms. The highest BCUT2D eigenvalue weighted by atomic mass is 16.5. The Morgan fingerprint density at radius 1 is 1.52 bits per heavy atom. The third-order valence-corrected chi connectivity index (χ3v) is 3.27. The van der Waals surface area contributed by atoms with E-state index in [-0.39, 0.29) is 23.3 Å². The molecule has 6 nitrogen and oxygen atoms in total. The molecule has 1 fully saturated rings. The average Bonchev–Trinajstić information content (AvgIpc) is 3.29. The summed E-state index contributed by atoms with van der Waals surface area (Å²) in [6, 6.07) is 4.42. The topological polar surface area (TPSA) is 78.9 Å². The zero-order valence-electron chi connectivity index (χ0n) is 11.8. The van der Waals surface area contributed by atoms with E-state index in [1.807, 2.05) is 0 Å². The number of benzene rings is 1. The normalized spacial score (nSPS) is 13.4. The van der Waals surface area contributed by atoms with Gasteiger partial charge in [-0.15, -0.1) is 6.58 Å². The molecule has 2 rings (SSSR count). The minimum Gasteiger partial charge on any atom is -0.497 e. The predicted molar refractivity (Wildman–Crippen MR) is 78.9 cm³/mol. The Kier molecular flexibility index (Phi) is 4.47. The molecule has 0 heterocycles. The van der Waals surface area contributed by atoms with E-state index in [0.717, 1.165) is 12.8 Å². The lowest BCUT2D eigenvalue weighted by molar-refractivity contribution is 0.0697. The van der Waals surface area contributed by atoms with Crippen molar-refractivity contribution < 1.29 is 19.4 Å². The number of nitrogens with zero attached hydrogens (tertiary/aromatic N) is 1. The van der Waals surface area contributed by atoms with E-state index in [1.54, 1.807) is 17.0 Å². The number of carbonyl (C=O) groups excluding carboxylic acids is 1. The molecule has 1 aromatic rings. The summed E-state index contributed by atoms with van der Waals surface area (Å²) < 4.78 is 5.00. The van der Waals surface area contributed by atoms with Crippen LogP contribution in [0.1, 0.15) is 23.2 Å². The first kappa shape index (κ1) is 14.9. The fourth-order valence-electron chi connectivity index (χ4n) is 2.05. The standard InChI is InChI=1S/C15H18N2O4/c1-3-8-17(10-4-5-10)15(20)16-13-7-6-11(21-2)9-12(13)14(18)19/h3,6-7,9-10H,1,4-5,8H2,2H3,(H,16,20)(H,18,19). The lowest BCUT2D eigenvalue weighted by Gasteiger charge is -2.21. The lowest BCUT2D eigenvalue weighted by Crippen LogP contribution is -2.37. The van der Waals surface area contributed by atoms with Crippen LogP contribution in [0.25, 0.3) is 0 Å². The maximum atomic E-state index is 12.3. The molecule has 0 aromatic heterocycles.